The minimum absolute atomic E-state index is 0.269. The van der Waals surface area contributed by atoms with Gasteiger partial charge in [0, 0.05) is 0 Å². The van der Waals surface area contributed by atoms with Crippen molar-refractivity contribution in [2.24, 2.45) is 0 Å². The van der Waals surface area contributed by atoms with Crippen LogP contribution in [0.5, 0.6) is 0 Å². The van der Waals surface area contributed by atoms with Crippen molar-refractivity contribution in [3.8, 4) is 0 Å². The van der Waals surface area contributed by atoms with Crippen molar-refractivity contribution in [3.63, 3.8) is 0 Å². The quantitative estimate of drug-likeness (QED) is 0.518. The van der Waals surface area contributed by atoms with Crippen LogP contribution in [-0.4, -0.2) is 5.38 Å². The zero-order valence-corrected chi connectivity index (χ0v) is 10.1. The smallest absolute Gasteiger partial charge is 0.0521 e. The lowest BCUT2D eigenvalue weighted by Crippen LogP contribution is -1.90. The lowest BCUT2D eigenvalue weighted by atomic mass is 10.0. The Morgan fingerprint density at radius 2 is 1.87 bits per heavy atom. The van der Waals surface area contributed by atoms with E-state index >= 15 is 0 Å². The summed E-state index contributed by atoms with van der Waals surface area (Å²) >= 11 is 6.06. The second kappa shape index (κ2) is 4.40. The number of rotatable bonds is 2. The molecule has 1 aromatic carbocycles. The van der Waals surface area contributed by atoms with E-state index in [2.05, 4.69) is 38.1 Å². The van der Waals surface area contributed by atoms with E-state index in [1.54, 1.807) is 0 Å². The molecule has 1 unspecified atom stereocenters. The molecule has 1 heteroatoms. The Hall–Kier alpha value is -0.750. The highest BCUT2D eigenvalue weighted by Crippen LogP contribution is 2.26. The van der Waals surface area contributed by atoms with E-state index in [9.17, 15) is 0 Å². The third-order valence-corrected chi connectivity index (χ3v) is 3.21. The molecule has 0 amide bonds. The normalized spacial score (nSPS) is 20.5. The molecule has 1 aliphatic rings. The molecule has 80 valence electrons. The van der Waals surface area contributed by atoms with Gasteiger partial charge in [0.05, 0.1) is 5.38 Å². The molecule has 0 nitrogen and oxygen atoms in total. The zero-order valence-electron chi connectivity index (χ0n) is 9.39. The molecular formula is C14H17Cl. The predicted octanol–water partition coefficient (Wildman–Crippen LogP) is 4.17. The second-order valence-corrected chi connectivity index (χ2v) is 5.11. The SMILES string of the molecule is Cc1cc(C)cc(CC2=CC(Cl)CC2)c1. The highest BCUT2D eigenvalue weighted by Gasteiger charge is 2.13. The Labute approximate surface area is 97.0 Å². The van der Waals surface area contributed by atoms with Crippen molar-refractivity contribution in [1.82, 2.24) is 0 Å². The lowest BCUT2D eigenvalue weighted by molar-refractivity contribution is 0.891. The van der Waals surface area contributed by atoms with E-state index in [1.807, 2.05) is 0 Å². The van der Waals surface area contributed by atoms with Gasteiger partial charge in [0.2, 0.25) is 0 Å². The van der Waals surface area contributed by atoms with Gasteiger partial charge in [-0.3, -0.25) is 0 Å². The lowest BCUT2D eigenvalue weighted by Gasteiger charge is -2.05. The van der Waals surface area contributed by atoms with E-state index < -0.39 is 0 Å². The predicted molar refractivity (Wildman–Crippen MR) is 66.6 cm³/mol. The minimum Gasteiger partial charge on any atom is -0.118 e. The van der Waals surface area contributed by atoms with Crippen molar-refractivity contribution >= 4 is 11.6 Å². The Balaban J connectivity index is 2.14. The van der Waals surface area contributed by atoms with Crippen LogP contribution in [0, 0.1) is 13.8 Å². The standard InChI is InChI=1S/C14H17Cl/c1-10-5-11(2)7-13(6-10)8-12-3-4-14(15)9-12/h5-7,9,14H,3-4,8H2,1-2H3. The first-order valence-electron chi connectivity index (χ1n) is 5.54. The van der Waals surface area contributed by atoms with Crippen LogP contribution in [0.4, 0.5) is 0 Å². The molecule has 0 aromatic heterocycles. The third kappa shape index (κ3) is 2.85. The van der Waals surface area contributed by atoms with Crippen LogP contribution in [0.3, 0.4) is 0 Å². The van der Waals surface area contributed by atoms with Crippen LogP contribution >= 0.6 is 11.6 Å². The molecule has 0 fully saturated rings. The number of halogens is 1. The average Bonchev–Trinajstić information content (AvgIpc) is 2.49. The summed E-state index contributed by atoms with van der Waals surface area (Å²) in [4.78, 5) is 0. The summed E-state index contributed by atoms with van der Waals surface area (Å²) in [5.41, 5.74) is 5.63. The van der Waals surface area contributed by atoms with Crippen LogP contribution in [0.25, 0.3) is 0 Å². The fraction of sp³-hybridized carbons (Fsp3) is 0.429. The van der Waals surface area contributed by atoms with Crippen molar-refractivity contribution in [3.05, 3.63) is 46.5 Å². The summed E-state index contributed by atoms with van der Waals surface area (Å²) in [7, 11) is 0. The fourth-order valence-electron chi connectivity index (χ4n) is 2.33. The van der Waals surface area contributed by atoms with Gasteiger partial charge < -0.3 is 0 Å². The van der Waals surface area contributed by atoms with E-state index in [0.717, 1.165) is 12.8 Å². The highest BCUT2D eigenvalue weighted by molar-refractivity contribution is 6.22. The summed E-state index contributed by atoms with van der Waals surface area (Å²) < 4.78 is 0. The number of allylic oxidation sites excluding steroid dienone is 2. The zero-order chi connectivity index (χ0) is 10.8. The van der Waals surface area contributed by atoms with Gasteiger partial charge in [0.25, 0.3) is 0 Å². The maximum Gasteiger partial charge on any atom is 0.0521 e. The molecule has 1 aliphatic carbocycles. The molecule has 0 heterocycles. The largest absolute Gasteiger partial charge is 0.118 e. The van der Waals surface area contributed by atoms with Gasteiger partial charge in [-0.05, 0) is 38.7 Å². The molecule has 0 aliphatic heterocycles. The molecular weight excluding hydrogens is 204 g/mol. The molecule has 15 heavy (non-hydrogen) atoms. The first kappa shape index (κ1) is 10.8. The van der Waals surface area contributed by atoms with E-state index in [1.165, 1.54) is 28.7 Å². The van der Waals surface area contributed by atoms with Gasteiger partial charge in [-0.1, -0.05) is 41.0 Å². The van der Waals surface area contributed by atoms with Crippen molar-refractivity contribution in [1.29, 1.82) is 0 Å². The Bertz CT molecular complexity index is 370. The maximum atomic E-state index is 6.06. The monoisotopic (exact) mass is 220 g/mol. The Kier molecular flexibility index (Phi) is 3.16. The minimum atomic E-state index is 0.269. The van der Waals surface area contributed by atoms with Gasteiger partial charge in [-0.25, -0.2) is 0 Å². The summed E-state index contributed by atoms with van der Waals surface area (Å²) in [5, 5.41) is 0.269. The molecule has 0 N–H and O–H groups in total. The number of alkyl halides is 1. The molecule has 0 saturated heterocycles. The van der Waals surface area contributed by atoms with Crippen LogP contribution in [-0.2, 0) is 6.42 Å². The molecule has 1 atom stereocenters. The van der Waals surface area contributed by atoms with Gasteiger partial charge in [0.15, 0.2) is 0 Å². The molecule has 0 radical (unpaired) electrons. The van der Waals surface area contributed by atoms with Gasteiger partial charge in [0.1, 0.15) is 0 Å². The van der Waals surface area contributed by atoms with Gasteiger partial charge >= 0.3 is 0 Å². The third-order valence-electron chi connectivity index (χ3n) is 2.87. The summed E-state index contributed by atoms with van der Waals surface area (Å²) in [6.07, 6.45) is 5.58. The molecule has 2 rings (SSSR count). The van der Waals surface area contributed by atoms with E-state index in [-0.39, 0.29) is 5.38 Å². The second-order valence-electron chi connectivity index (χ2n) is 4.55. The van der Waals surface area contributed by atoms with Gasteiger partial charge in [-0.15, -0.1) is 11.6 Å². The topological polar surface area (TPSA) is 0 Å². The summed E-state index contributed by atoms with van der Waals surface area (Å²) in [6, 6.07) is 6.77. The molecule has 1 aromatic rings. The van der Waals surface area contributed by atoms with Crippen LogP contribution < -0.4 is 0 Å². The van der Waals surface area contributed by atoms with E-state index in [0.29, 0.717) is 0 Å². The highest BCUT2D eigenvalue weighted by atomic mass is 35.5. The Morgan fingerprint density at radius 1 is 1.20 bits per heavy atom. The first-order chi connectivity index (χ1) is 7.13. The van der Waals surface area contributed by atoms with Crippen molar-refractivity contribution in [2.45, 2.75) is 38.5 Å². The number of aryl methyl sites for hydroxylation is 2. The number of benzene rings is 1. The summed E-state index contributed by atoms with van der Waals surface area (Å²) in [6.45, 7) is 4.31. The van der Waals surface area contributed by atoms with Gasteiger partial charge in [-0.2, -0.15) is 0 Å². The maximum absolute atomic E-state index is 6.06. The number of hydrogen-bond acceptors (Lipinski definition) is 0. The molecule has 0 spiro atoms. The van der Waals surface area contributed by atoms with Crippen molar-refractivity contribution < 1.29 is 0 Å². The Morgan fingerprint density at radius 3 is 2.40 bits per heavy atom. The van der Waals surface area contributed by atoms with Crippen molar-refractivity contribution in [2.75, 3.05) is 0 Å². The molecule has 0 saturated carbocycles. The fourth-order valence-corrected chi connectivity index (χ4v) is 2.61. The summed E-state index contributed by atoms with van der Waals surface area (Å²) in [5.74, 6) is 0. The number of hydrogen-bond donors (Lipinski definition) is 0. The molecule has 0 bridgehead atoms. The average molecular weight is 221 g/mol. The first-order valence-corrected chi connectivity index (χ1v) is 5.98. The van der Waals surface area contributed by atoms with Crippen LogP contribution in [0.15, 0.2) is 29.8 Å². The van der Waals surface area contributed by atoms with Crippen LogP contribution in [0.1, 0.15) is 29.5 Å². The van der Waals surface area contributed by atoms with E-state index in [4.69, 9.17) is 11.6 Å². The van der Waals surface area contributed by atoms with Crippen LogP contribution in [0.2, 0.25) is 0 Å².